The van der Waals surface area contributed by atoms with Crippen molar-refractivity contribution in [3.05, 3.63) is 60.7 Å². The van der Waals surface area contributed by atoms with Crippen molar-refractivity contribution in [3.8, 4) is 0 Å². The van der Waals surface area contributed by atoms with Crippen molar-refractivity contribution in [1.82, 2.24) is 4.19 Å². The first-order chi connectivity index (χ1) is 8.70. The Morgan fingerprint density at radius 1 is 0.833 bits per heavy atom. The first kappa shape index (κ1) is 13.5. The molecule has 0 saturated heterocycles. The van der Waals surface area contributed by atoms with Crippen molar-refractivity contribution < 1.29 is 0 Å². The highest BCUT2D eigenvalue weighted by Gasteiger charge is 2.22. The molecule has 0 aromatic heterocycles. The van der Waals surface area contributed by atoms with Gasteiger partial charge in [0, 0.05) is 14.1 Å². The molecule has 0 amide bonds. The zero-order valence-electron chi connectivity index (χ0n) is 10.6. The minimum atomic E-state index is -0.653. The highest BCUT2D eigenvalue weighted by molar-refractivity contribution is 7.71. The maximum atomic E-state index is 6.51. The molecule has 0 radical (unpaired) electrons. The third-order valence-corrected chi connectivity index (χ3v) is 5.88. The maximum absolute atomic E-state index is 6.51. The SMILES string of the molecule is CC(C)N(Cl)P(c1ccccc1)c1ccccc1. The van der Waals surface area contributed by atoms with Crippen LogP contribution in [0.4, 0.5) is 0 Å². The van der Waals surface area contributed by atoms with Crippen LogP contribution in [0, 0.1) is 0 Å². The van der Waals surface area contributed by atoms with Gasteiger partial charge in [-0.15, -0.1) is 0 Å². The van der Waals surface area contributed by atoms with Crippen molar-refractivity contribution in [2.45, 2.75) is 19.9 Å². The first-order valence-electron chi connectivity index (χ1n) is 6.05. The molecule has 1 nitrogen and oxygen atoms in total. The van der Waals surface area contributed by atoms with E-state index in [1.165, 1.54) is 10.6 Å². The Hall–Kier alpha value is -0.880. The van der Waals surface area contributed by atoms with Gasteiger partial charge in [0.1, 0.15) is 0 Å². The summed E-state index contributed by atoms with van der Waals surface area (Å²) in [6, 6.07) is 21.2. The molecule has 0 atom stereocenters. The Morgan fingerprint density at radius 2 is 1.22 bits per heavy atom. The molecule has 2 rings (SSSR count). The van der Waals surface area contributed by atoms with Crippen LogP contribution in [0.15, 0.2) is 60.7 Å². The van der Waals surface area contributed by atoms with E-state index in [4.69, 9.17) is 11.8 Å². The fourth-order valence-corrected chi connectivity index (χ4v) is 4.37. The standard InChI is InChI=1S/C15H17ClNP/c1-13(2)17(16)18(14-9-5-3-6-10-14)15-11-7-4-8-12-15/h3-13H,1-2H3. The smallest absolute Gasteiger partial charge is 0.0442 e. The lowest BCUT2D eigenvalue weighted by Crippen LogP contribution is -2.26. The van der Waals surface area contributed by atoms with Crippen molar-refractivity contribution in [2.24, 2.45) is 0 Å². The number of rotatable bonds is 4. The Labute approximate surface area is 115 Å². The number of hydrogen-bond acceptors (Lipinski definition) is 1. The molecule has 0 spiro atoms. The largest absolute Gasteiger partial charge is 0.187 e. The summed E-state index contributed by atoms with van der Waals surface area (Å²) < 4.78 is 1.94. The van der Waals surface area contributed by atoms with Crippen molar-refractivity contribution >= 4 is 30.5 Å². The average Bonchev–Trinajstić information content (AvgIpc) is 2.41. The molecular weight excluding hydrogens is 261 g/mol. The van der Waals surface area contributed by atoms with Gasteiger partial charge in [-0.05, 0) is 36.2 Å². The molecule has 0 heterocycles. The van der Waals surface area contributed by atoms with Crippen LogP contribution >= 0.6 is 19.8 Å². The van der Waals surface area contributed by atoms with Gasteiger partial charge in [0.25, 0.3) is 0 Å². The number of nitrogens with zero attached hydrogens (tertiary/aromatic N) is 1. The molecule has 0 N–H and O–H groups in total. The van der Waals surface area contributed by atoms with Crippen LogP contribution in [0.1, 0.15) is 13.8 Å². The summed E-state index contributed by atoms with van der Waals surface area (Å²) in [7, 11) is -0.653. The van der Waals surface area contributed by atoms with Crippen molar-refractivity contribution in [1.29, 1.82) is 0 Å². The van der Waals surface area contributed by atoms with Gasteiger partial charge >= 0.3 is 0 Å². The lowest BCUT2D eigenvalue weighted by atomic mass is 10.4. The van der Waals surface area contributed by atoms with E-state index in [1.807, 2.05) is 16.3 Å². The molecule has 3 heteroatoms. The van der Waals surface area contributed by atoms with E-state index in [0.717, 1.165) is 0 Å². The third-order valence-electron chi connectivity index (χ3n) is 2.62. The molecule has 0 aliphatic carbocycles. The minimum absolute atomic E-state index is 0.304. The van der Waals surface area contributed by atoms with E-state index in [0.29, 0.717) is 6.04 Å². The van der Waals surface area contributed by atoms with Crippen LogP contribution in [0.3, 0.4) is 0 Å². The number of halogens is 1. The summed E-state index contributed by atoms with van der Waals surface area (Å²) in [5, 5.41) is 2.56. The van der Waals surface area contributed by atoms with Crippen molar-refractivity contribution in [2.75, 3.05) is 0 Å². The zero-order chi connectivity index (χ0) is 13.0. The summed E-state index contributed by atoms with van der Waals surface area (Å²) in [6.45, 7) is 4.24. The average molecular weight is 278 g/mol. The fraction of sp³-hybridized carbons (Fsp3) is 0.200. The summed E-state index contributed by atoms with van der Waals surface area (Å²) >= 11 is 6.51. The van der Waals surface area contributed by atoms with Gasteiger partial charge < -0.3 is 0 Å². The zero-order valence-corrected chi connectivity index (χ0v) is 12.3. The van der Waals surface area contributed by atoms with E-state index < -0.39 is 8.07 Å². The lowest BCUT2D eigenvalue weighted by Gasteiger charge is -2.29. The molecule has 0 bridgehead atoms. The molecule has 0 aliphatic rings. The molecule has 94 valence electrons. The monoisotopic (exact) mass is 277 g/mol. The van der Waals surface area contributed by atoms with Gasteiger partial charge in [0.15, 0.2) is 0 Å². The van der Waals surface area contributed by atoms with E-state index in [2.05, 4.69) is 62.4 Å². The minimum Gasteiger partial charge on any atom is -0.187 e. The Morgan fingerprint density at radius 3 is 1.56 bits per heavy atom. The Balaban J connectivity index is 2.42. The topological polar surface area (TPSA) is 3.24 Å². The molecule has 0 fully saturated rings. The van der Waals surface area contributed by atoms with Crippen LogP contribution in [0.5, 0.6) is 0 Å². The summed E-state index contributed by atoms with van der Waals surface area (Å²) in [4.78, 5) is 0. The van der Waals surface area contributed by atoms with Gasteiger partial charge in [-0.2, -0.15) is 4.19 Å². The second-order valence-electron chi connectivity index (χ2n) is 4.37. The summed E-state index contributed by atoms with van der Waals surface area (Å²) in [5.74, 6) is 0. The predicted molar refractivity (Wildman–Crippen MR) is 81.9 cm³/mol. The van der Waals surface area contributed by atoms with Crippen LogP contribution in [-0.4, -0.2) is 10.2 Å². The Bertz CT molecular complexity index is 433. The van der Waals surface area contributed by atoms with Crippen molar-refractivity contribution in [3.63, 3.8) is 0 Å². The van der Waals surface area contributed by atoms with Gasteiger partial charge in [-0.1, -0.05) is 60.7 Å². The molecule has 0 aliphatic heterocycles. The van der Waals surface area contributed by atoms with Crippen LogP contribution < -0.4 is 10.6 Å². The molecular formula is C15H17ClNP. The van der Waals surface area contributed by atoms with E-state index >= 15 is 0 Å². The normalized spacial score (nSPS) is 11.4. The number of benzene rings is 2. The van der Waals surface area contributed by atoms with Gasteiger partial charge in [0.05, 0.1) is 0 Å². The van der Waals surface area contributed by atoms with E-state index in [-0.39, 0.29) is 0 Å². The summed E-state index contributed by atoms with van der Waals surface area (Å²) in [6.07, 6.45) is 0. The van der Waals surface area contributed by atoms with Gasteiger partial charge in [0.2, 0.25) is 0 Å². The highest BCUT2D eigenvalue weighted by atomic mass is 35.5. The molecule has 2 aromatic carbocycles. The highest BCUT2D eigenvalue weighted by Crippen LogP contribution is 2.41. The van der Waals surface area contributed by atoms with Gasteiger partial charge in [-0.25, -0.2) is 0 Å². The van der Waals surface area contributed by atoms with Gasteiger partial charge in [-0.3, -0.25) is 0 Å². The second kappa shape index (κ2) is 6.33. The fourth-order valence-electron chi connectivity index (χ4n) is 1.74. The first-order valence-corrected chi connectivity index (χ1v) is 7.68. The second-order valence-corrected chi connectivity index (χ2v) is 7.05. The summed E-state index contributed by atoms with van der Waals surface area (Å²) in [5.41, 5.74) is 0. The number of hydrogen-bond donors (Lipinski definition) is 0. The van der Waals surface area contributed by atoms with E-state index in [9.17, 15) is 0 Å². The van der Waals surface area contributed by atoms with E-state index in [1.54, 1.807) is 0 Å². The molecule has 0 unspecified atom stereocenters. The quantitative estimate of drug-likeness (QED) is 0.605. The van der Waals surface area contributed by atoms with Crippen LogP contribution in [0.2, 0.25) is 0 Å². The lowest BCUT2D eigenvalue weighted by molar-refractivity contribution is 0.578. The third kappa shape index (κ3) is 3.11. The molecule has 18 heavy (non-hydrogen) atoms. The Kier molecular flexibility index (Phi) is 4.77. The van der Waals surface area contributed by atoms with Crippen LogP contribution in [-0.2, 0) is 0 Å². The molecule has 0 saturated carbocycles. The van der Waals surface area contributed by atoms with Crippen LogP contribution in [0.25, 0.3) is 0 Å². The molecule has 2 aromatic rings. The maximum Gasteiger partial charge on any atom is 0.0442 e. The predicted octanol–water partition coefficient (Wildman–Crippen LogP) is 3.90.